The molecule has 0 amide bonds. The molecule has 3 rings (SSSR count). The minimum absolute atomic E-state index is 0.330. The average molecular weight is 277 g/mol. The van der Waals surface area contributed by atoms with Crippen LogP contribution in [-0.4, -0.2) is 42.4 Å². The van der Waals surface area contributed by atoms with Gasteiger partial charge in [0.25, 0.3) is 0 Å². The molecule has 5 atom stereocenters. The molecule has 2 heterocycles. The Hall–Kier alpha value is -1.63. The molecule has 1 aromatic carbocycles. The van der Waals surface area contributed by atoms with Crippen LogP contribution in [-0.2, 0) is 20.8 Å². The molecule has 0 radical (unpaired) electrons. The summed E-state index contributed by atoms with van der Waals surface area (Å²) in [5.74, 6) is 0. The van der Waals surface area contributed by atoms with Gasteiger partial charge in [0.2, 0.25) is 0 Å². The van der Waals surface area contributed by atoms with Crippen LogP contribution in [0.2, 0.25) is 0 Å². The SMILES string of the molecule is [N-]=[N+]=N[C@H]1[C@H]2OC[C@@H](O2)[C@H](OCc2ccccc2)[C@H]1O. The van der Waals surface area contributed by atoms with E-state index in [2.05, 4.69) is 10.0 Å². The number of rotatable bonds is 4. The van der Waals surface area contributed by atoms with Crippen LogP contribution in [0, 0.1) is 0 Å². The highest BCUT2D eigenvalue weighted by atomic mass is 16.7. The first-order valence-corrected chi connectivity index (χ1v) is 6.44. The first-order chi connectivity index (χ1) is 9.79. The maximum Gasteiger partial charge on any atom is 0.169 e. The van der Waals surface area contributed by atoms with E-state index in [1.165, 1.54) is 0 Å². The molecule has 20 heavy (non-hydrogen) atoms. The van der Waals surface area contributed by atoms with Gasteiger partial charge < -0.3 is 19.3 Å². The van der Waals surface area contributed by atoms with Crippen LogP contribution in [0.5, 0.6) is 0 Å². The van der Waals surface area contributed by atoms with Gasteiger partial charge in [-0.15, -0.1) is 0 Å². The van der Waals surface area contributed by atoms with Gasteiger partial charge >= 0.3 is 0 Å². The third-order valence-corrected chi connectivity index (χ3v) is 3.54. The molecular formula is C13H15N3O4. The number of nitrogens with zero attached hydrogens (tertiary/aromatic N) is 3. The Bertz CT molecular complexity index is 506. The Kier molecular flexibility index (Phi) is 3.86. The Morgan fingerprint density at radius 2 is 2.20 bits per heavy atom. The molecule has 0 aromatic heterocycles. The van der Waals surface area contributed by atoms with Gasteiger partial charge in [-0.2, -0.15) is 0 Å². The molecule has 7 heteroatoms. The molecule has 2 fully saturated rings. The molecular weight excluding hydrogens is 262 g/mol. The lowest BCUT2D eigenvalue weighted by molar-refractivity contribution is -0.195. The van der Waals surface area contributed by atoms with E-state index in [0.717, 1.165) is 5.56 Å². The zero-order valence-electron chi connectivity index (χ0n) is 10.7. The number of benzene rings is 1. The fourth-order valence-corrected chi connectivity index (χ4v) is 2.52. The van der Waals surface area contributed by atoms with Gasteiger partial charge in [-0.1, -0.05) is 35.4 Å². The number of fused-ring (bicyclic) bond motifs is 2. The molecule has 7 nitrogen and oxygen atoms in total. The van der Waals surface area contributed by atoms with Crippen molar-refractivity contribution in [3.63, 3.8) is 0 Å². The van der Waals surface area contributed by atoms with Crippen molar-refractivity contribution < 1.29 is 19.3 Å². The summed E-state index contributed by atoms with van der Waals surface area (Å²) in [4.78, 5) is 2.73. The van der Waals surface area contributed by atoms with E-state index in [1.807, 2.05) is 30.3 Å². The summed E-state index contributed by atoms with van der Waals surface area (Å²) in [7, 11) is 0. The molecule has 1 N–H and O–H groups in total. The van der Waals surface area contributed by atoms with Crippen molar-refractivity contribution in [2.75, 3.05) is 6.61 Å². The van der Waals surface area contributed by atoms with E-state index in [-0.39, 0.29) is 6.10 Å². The quantitative estimate of drug-likeness (QED) is 0.510. The summed E-state index contributed by atoms with van der Waals surface area (Å²) in [6.07, 6.45) is -2.50. The molecule has 2 saturated heterocycles. The van der Waals surface area contributed by atoms with Crippen LogP contribution in [0.1, 0.15) is 5.56 Å². The highest BCUT2D eigenvalue weighted by Gasteiger charge is 2.50. The lowest BCUT2D eigenvalue weighted by atomic mass is 9.99. The maximum atomic E-state index is 10.3. The lowest BCUT2D eigenvalue weighted by Gasteiger charge is -2.35. The summed E-state index contributed by atoms with van der Waals surface area (Å²) in [5, 5.41) is 13.8. The number of hydrogen-bond acceptors (Lipinski definition) is 5. The van der Waals surface area contributed by atoms with Crippen molar-refractivity contribution in [1.29, 1.82) is 0 Å². The Labute approximate surface area is 115 Å². The minimum atomic E-state index is -0.930. The smallest absolute Gasteiger partial charge is 0.169 e. The van der Waals surface area contributed by atoms with Gasteiger partial charge in [-0.05, 0) is 11.1 Å². The summed E-state index contributed by atoms with van der Waals surface area (Å²) < 4.78 is 16.7. The molecule has 0 unspecified atom stereocenters. The second kappa shape index (κ2) is 5.78. The summed E-state index contributed by atoms with van der Waals surface area (Å²) in [5.41, 5.74) is 9.55. The molecule has 2 bridgehead atoms. The molecule has 106 valence electrons. The largest absolute Gasteiger partial charge is 0.390 e. The average Bonchev–Trinajstić information content (AvgIpc) is 2.90. The topological polar surface area (TPSA) is 96.7 Å². The molecule has 0 saturated carbocycles. The molecule has 1 aromatic rings. The minimum Gasteiger partial charge on any atom is -0.390 e. The van der Waals surface area contributed by atoms with Crippen molar-refractivity contribution >= 4 is 0 Å². The van der Waals surface area contributed by atoms with E-state index in [4.69, 9.17) is 19.7 Å². The van der Waals surface area contributed by atoms with Crippen molar-refractivity contribution in [2.45, 2.75) is 37.3 Å². The highest BCUT2D eigenvalue weighted by Crippen LogP contribution is 2.32. The number of aliphatic hydroxyl groups is 1. The van der Waals surface area contributed by atoms with E-state index >= 15 is 0 Å². The van der Waals surface area contributed by atoms with Gasteiger partial charge in [-0.3, -0.25) is 0 Å². The van der Waals surface area contributed by atoms with Gasteiger partial charge in [0.15, 0.2) is 6.29 Å². The van der Waals surface area contributed by atoms with Crippen LogP contribution in [0.25, 0.3) is 10.4 Å². The molecule has 0 aliphatic carbocycles. The van der Waals surface area contributed by atoms with Gasteiger partial charge in [0, 0.05) is 4.91 Å². The highest BCUT2D eigenvalue weighted by molar-refractivity contribution is 5.13. The van der Waals surface area contributed by atoms with Crippen molar-refractivity contribution in [1.82, 2.24) is 0 Å². The van der Waals surface area contributed by atoms with Gasteiger partial charge in [0.1, 0.15) is 18.2 Å². The van der Waals surface area contributed by atoms with Gasteiger partial charge in [0.05, 0.1) is 19.3 Å². The second-order valence-electron chi connectivity index (χ2n) is 4.82. The Balaban J connectivity index is 1.70. The summed E-state index contributed by atoms with van der Waals surface area (Å²) >= 11 is 0. The van der Waals surface area contributed by atoms with Crippen LogP contribution in [0.3, 0.4) is 0 Å². The second-order valence-corrected chi connectivity index (χ2v) is 4.82. The fourth-order valence-electron chi connectivity index (χ4n) is 2.52. The standard InChI is InChI=1S/C13H15N3O4/c14-16-15-10-11(17)12(9-7-19-13(10)20-9)18-6-8-4-2-1-3-5-8/h1-5,9-13,17H,6-7H2/t9-,10-,11+,12+,13+/m1/s1. The number of hydrogen-bond donors (Lipinski definition) is 1. The van der Waals surface area contributed by atoms with Crippen molar-refractivity contribution in [3.8, 4) is 0 Å². The Morgan fingerprint density at radius 3 is 2.95 bits per heavy atom. The summed E-state index contributed by atoms with van der Waals surface area (Å²) in [6.45, 7) is 0.689. The van der Waals surface area contributed by atoms with Crippen LogP contribution >= 0.6 is 0 Å². The fraction of sp³-hybridized carbons (Fsp3) is 0.538. The first kappa shape index (κ1) is 13.4. The van der Waals surface area contributed by atoms with E-state index in [1.54, 1.807) is 0 Å². The third-order valence-electron chi connectivity index (χ3n) is 3.54. The number of ether oxygens (including phenoxy) is 3. The van der Waals surface area contributed by atoms with Crippen molar-refractivity contribution in [3.05, 3.63) is 46.3 Å². The van der Waals surface area contributed by atoms with Crippen LogP contribution in [0.15, 0.2) is 35.4 Å². The first-order valence-electron chi connectivity index (χ1n) is 6.44. The van der Waals surface area contributed by atoms with Crippen LogP contribution in [0.4, 0.5) is 0 Å². The predicted octanol–water partition coefficient (Wildman–Crippen LogP) is 1.37. The normalized spacial score (nSPS) is 35.5. The third kappa shape index (κ3) is 2.49. The zero-order chi connectivity index (χ0) is 13.9. The maximum absolute atomic E-state index is 10.3. The van der Waals surface area contributed by atoms with Crippen molar-refractivity contribution in [2.24, 2.45) is 5.11 Å². The van der Waals surface area contributed by atoms with Gasteiger partial charge in [-0.25, -0.2) is 0 Å². The molecule has 2 aliphatic rings. The summed E-state index contributed by atoms with van der Waals surface area (Å²) in [6, 6.07) is 8.87. The molecule has 0 spiro atoms. The van der Waals surface area contributed by atoms with Crippen LogP contribution < -0.4 is 0 Å². The lowest BCUT2D eigenvalue weighted by Crippen LogP contribution is -2.53. The Morgan fingerprint density at radius 1 is 1.40 bits per heavy atom. The predicted molar refractivity (Wildman–Crippen MR) is 68.6 cm³/mol. The number of azide groups is 1. The monoisotopic (exact) mass is 277 g/mol. The molecule has 2 aliphatic heterocycles. The zero-order valence-corrected chi connectivity index (χ0v) is 10.7. The van der Waals surface area contributed by atoms with E-state index in [9.17, 15) is 5.11 Å². The van der Waals surface area contributed by atoms with E-state index in [0.29, 0.717) is 13.2 Å². The number of aliphatic hydroxyl groups excluding tert-OH is 1. The van der Waals surface area contributed by atoms with E-state index < -0.39 is 24.5 Å².